The first kappa shape index (κ1) is 25.7. The molecule has 1 unspecified atom stereocenters. The zero-order valence-corrected chi connectivity index (χ0v) is 21.8. The highest BCUT2D eigenvalue weighted by Crippen LogP contribution is 2.36. The smallest absolute Gasteiger partial charge is 0.251 e. The number of pyridine rings is 1. The molecule has 1 atom stereocenters. The summed E-state index contributed by atoms with van der Waals surface area (Å²) in [6.07, 6.45) is 4.89. The van der Waals surface area contributed by atoms with Gasteiger partial charge >= 0.3 is 0 Å². The number of anilines is 2. The zero-order chi connectivity index (χ0) is 25.7. The number of hydrogen-bond donors (Lipinski definition) is 2. The molecule has 5 nitrogen and oxygen atoms in total. The number of alkyl halides is 1. The average Bonchev–Trinajstić information content (AvgIpc) is 2.87. The van der Waals surface area contributed by atoms with Crippen LogP contribution in [0.2, 0.25) is 0 Å². The van der Waals surface area contributed by atoms with Gasteiger partial charge in [-0.3, -0.25) is 4.79 Å². The second-order valence-corrected chi connectivity index (χ2v) is 10.1. The summed E-state index contributed by atoms with van der Waals surface area (Å²) in [6, 6.07) is 17.7. The number of aryl methyl sites for hydroxylation is 1. The van der Waals surface area contributed by atoms with Crippen LogP contribution >= 0.6 is 0 Å². The van der Waals surface area contributed by atoms with Crippen molar-refractivity contribution in [2.75, 3.05) is 23.3 Å². The van der Waals surface area contributed by atoms with Crippen molar-refractivity contribution in [1.82, 2.24) is 10.3 Å². The molecule has 2 heterocycles. The summed E-state index contributed by atoms with van der Waals surface area (Å²) in [5.74, 6) is 0.826. The van der Waals surface area contributed by atoms with Gasteiger partial charge in [0.25, 0.3) is 5.91 Å². The molecule has 0 saturated carbocycles. The van der Waals surface area contributed by atoms with Gasteiger partial charge in [0.15, 0.2) is 0 Å². The third kappa shape index (κ3) is 6.04. The Morgan fingerprint density at radius 2 is 1.83 bits per heavy atom. The Hall–Kier alpha value is -3.41. The Labute approximate surface area is 214 Å². The molecular weight excluding hydrogens is 451 g/mol. The molecule has 0 radical (unpaired) electrons. The normalized spacial score (nSPS) is 14.2. The van der Waals surface area contributed by atoms with Crippen LogP contribution in [0.25, 0.3) is 0 Å². The van der Waals surface area contributed by atoms with Gasteiger partial charge in [0, 0.05) is 31.4 Å². The summed E-state index contributed by atoms with van der Waals surface area (Å²) in [5, 5.41) is 6.53. The van der Waals surface area contributed by atoms with E-state index in [1.165, 1.54) is 5.56 Å². The summed E-state index contributed by atoms with van der Waals surface area (Å²) in [4.78, 5) is 19.3. The van der Waals surface area contributed by atoms with E-state index < -0.39 is 5.67 Å². The first-order valence-corrected chi connectivity index (χ1v) is 12.9. The maximum atomic E-state index is 14.3. The molecule has 6 heteroatoms. The predicted molar refractivity (Wildman–Crippen MR) is 145 cm³/mol. The quantitative estimate of drug-likeness (QED) is 0.358. The highest BCUT2D eigenvalue weighted by atomic mass is 19.1. The molecule has 1 aliphatic rings. The number of fused-ring (bicyclic) bond motifs is 1. The molecular formula is C30H37FN4O. The van der Waals surface area contributed by atoms with E-state index in [0.717, 1.165) is 55.0 Å². The first-order valence-electron chi connectivity index (χ1n) is 12.9. The van der Waals surface area contributed by atoms with E-state index in [1.54, 1.807) is 13.8 Å². The molecule has 36 heavy (non-hydrogen) atoms. The molecule has 1 aliphatic heterocycles. The van der Waals surface area contributed by atoms with Crippen molar-refractivity contribution in [2.45, 2.75) is 65.2 Å². The number of halogens is 1. The molecule has 1 amide bonds. The van der Waals surface area contributed by atoms with E-state index in [2.05, 4.69) is 28.5 Å². The monoisotopic (exact) mass is 488 g/mol. The Balaban J connectivity index is 1.51. The third-order valence-electron chi connectivity index (χ3n) is 6.77. The number of carbonyl (C=O) groups excluding carboxylic acids is 1. The van der Waals surface area contributed by atoms with E-state index in [-0.39, 0.29) is 11.9 Å². The molecule has 0 bridgehead atoms. The molecule has 3 aromatic rings. The standard InChI is InChI=1S/C30H37FN4O/c1-5-17-33-29(36)25-12-10-23(11-13-25)21(2)34-28-27-24(16-18-32-28)7-6-19-35(27)20-22-8-14-26(15-9-22)30(3,4)31/h8-16,18,21H,5-7,17,19-20H2,1-4H3,(H,32,34)(H,33,36). The fourth-order valence-electron chi connectivity index (χ4n) is 4.66. The van der Waals surface area contributed by atoms with Crippen molar-refractivity contribution in [3.8, 4) is 0 Å². The van der Waals surface area contributed by atoms with E-state index >= 15 is 0 Å². The highest BCUT2D eigenvalue weighted by Gasteiger charge is 2.23. The Morgan fingerprint density at radius 3 is 2.50 bits per heavy atom. The lowest BCUT2D eigenvalue weighted by Crippen LogP contribution is -2.30. The van der Waals surface area contributed by atoms with Crippen LogP contribution in [0.5, 0.6) is 0 Å². The van der Waals surface area contributed by atoms with Crippen LogP contribution in [0.3, 0.4) is 0 Å². The van der Waals surface area contributed by atoms with E-state index in [1.807, 2.05) is 61.7 Å². The van der Waals surface area contributed by atoms with Crippen molar-refractivity contribution in [3.63, 3.8) is 0 Å². The molecule has 0 spiro atoms. The number of benzene rings is 2. The van der Waals surface area contributed by atoms with Gasteiger partial charge in [-0.1, -0.05) is 43.3 Å². The molecule has 0 fully saturated rings. The van der Waals surface area contributed by atoms with Crippen LogP contribution in [0.1, 0.15) is 79.2 Å². The van der Waals surface area contributed by atoms with E-state index in [0.29, 0.717) is 17.7 Å². The molecule has 190 valence electrons. The summed E-state index contributed by atoms with van der Waals surface area (Å²) in [6.45, 7) is 9.69. The lowest BCUT2D eigenvalue weighted by Gasteiger charge is -2.33. The van der Waals surface area contributed by atoms with Crippen molar-refractivity contribution < 1.29 is 9.18 Å². The number of nitrogens with zero attached hydrogens (tertiary/aromatic N) is 2. The molecule has 1 aromatic heterocycles. The van der Waals surface area contributed by atoms with Crippen molar-refractivity contribution in [1.29, 1.82) is 0 Å². The van der Waals surface area contributed by atoms with Crippen LogP contribution in [0.15, 0.2) is 60.8 Å². The fraction of sp³-hybridized carbons (Fsp3) is 0.400. The van der Waals surface area contributed by atoms with Crippen LogP contribution in [-0.4, -0.2) is 24.0 Å². The Morgan fingerprint density at radius 1 is 1.11 bits per heavy atom. The topological polar surface area (TPSA) is 57.3 Å². The fourth-order valence-corrected chi connectivity index (χ4v) is 4.66. The van der Waals surface area contributed by atoms with Crippen LogP contribution in [0, 0.1) is 0 Å². The summed E-state index contributed by atoms with van der Waals surface area (Å²) < 4.78 is 14.3. The average molecular weight is 489 g/mol. The lowest BCUT2D eigenvalue weighted by molar-refractivity contribution is 0.0953. The van der Waals surface area contributed by atoms with Gasteiger partial charge in [-0.15, -0.1) is 0 Å². The second kappa shape index (κ2) is 11.1. The minimum atomic E-state index is -1.34. The Kier molecular flexibility index (Phi) is 7.92. The summed E-state index contributed by atoms with van der Waals surface area (Å²) >= 11 is 0. The first-order chi connectivity index (χ1) is 17.3. The maximum Gasteiger partial charge on any atom is 0.251 e. The number of aromatic nitrogens is 1. The summed E-state index contributed by atoms with van der Waals surface area (Å²) in [7, 11) is 0. The molecule has 0 saturated heterocycles. The number of hydrogen-bond acceptors (Lipinski definition) is 4. The van der Waals surface area contributed by atoms with Gasteiger partial charge in [0.2, 0.25) is 0 Å². The summed E-state index contributed by atoms with van der Waals surface area (Å²) in [5.41, 5.74) is 4.69. The van der Waals surface area contributed by atoms with Crippen molar-refractivity contribution in [3.05, 3.63) is 88.6 Å². The minimum Gasteiger partial charge on any atom is -0.364 e. The zero-order valence-electron chi connectivity index (χ0n) is 21.8. The van der Waals surface area contributed by atoms with Crippen LogP contribution in [0.4, 0.5) is 15.9 Å². The van der Waals surface area contributed by atoms with Gasteiger partial charge < -0.3 is 15.5 Å². The minimum absolute atomic E-state index is 0.0200. The lowest BCUT2D eigenvalue weighted by atomic mass is 9.98. The van der Waals surface area contributed by atoms with Gasteiger partial charge in [-0.05, 0) is 80.5 Å². The maximum absolute atomic E-state index is 14.3. The molecule has 4 rings (SSSR count). The Bertz CT molecular complexity index is 1170. The van der Waals surface area contributed by atoms with Crippen molar-refractivity contribution >= 4 is 17.4 Å². The van der Waals surface area contributed by atoms with Crippen LogP contribution in [-0.2, 0) is 18.6 Å². The largest absolute Gasteiger partial charge is 0.364 e. The number of carbonyl (C=O) groups is 1. The molecule has 2 aromatic carbocycles. The van der Waals surface area contributed by atoms with Gasteiger partial charge in [0.05, 0.1) is 11.7 Å². The second-order valence-electron chi connectivity index (χ2n) is 10.1. The SMILES string of the molecule is CCCNC(=O)c1ccc(C(C)Nc2nccc3c2N(Cc2ccc(C(C)(C)F)cc2)CCC3)cc1. The van der Waals surface area contributed by atoms with Gasteiger partial charge in [0.1, 0.15) is 11.5 Å². The highest BCUT2D eigenvalue weighted by molar-refractivity contribution is 5.94. The third-order valence-corrected chi connectivity index (χ3v) is 6.77. The number of amides is 1. The van der Waals surface area contributed by atoms with E-state index in [9.17, 15) is 9.18 Å². The van der Waals surface area contributed by atoms with Gasteiger partial charge in [-0.2, -0.15) is 0 Å². The van der Waals surface area contributed by atoms with Gasteiger partial charge in [-0.25, -0.2) is 9.37 Å². The molecule has 0 aliphatic carbocycles. The van der Waals surface area contributed by atoms with Crippen molar-refractivity contribution in [2.24, 2.45) is 0 Å². The number of rotatable bonds is 9. The number of nitrogens with one attached hydrogen (secondary N) is 2. The molecule has 2 N–H and O–H groups in total. The predicted octanol–water partition coefficient (Wildman–Crippen LogP) is 6.55. The van der Waals surface area contributed by atoms with Crippen LogP contribution < -0.4 is 15.5 Å². The van der Waals surface area contributed by atoms with E-state index in [4.69, 9.17) is 4.98 Å².